The van der Waals surface area contributed by atoms with Crippen LogP contribution >= 0.6 is 0 Å². The Morgan fingerprint density at radius 3 is 2.36 bits per heavy atom. The molecule has 0 spiro atoms. The highest BCUT2D eigenvalue weighted by molar-refractivity contribution is 7.85. The van der Waals surface area contributed by atoms with E-state index >= 15 is 0 Å². The molecule has 76 valence electrons. The zero-order valence-electron chi connectivity index (χ0n) is 6.71. The second-order valence-corrected chi connectivity index (χ2v) is 3.81. The molecule has 0 aliphatic rings. The minimum absolute atomic E-state index is 0.192. The summed E-state index contributed by atoms with van der Waals surface area (Å²) < 4.78 is 31.5. The van der Waals surface area contributed by atoms with Crippen LogP contribution in [0.5, 0.6) is 0 Å². The molecular weight excluding hydrogens is 212 g/mol. The van der Waals surface area contributed by atoms with Crippen molar-refractivity contribution >= 4 is 21.5 Å². The Bertz CT molecular complexity index is 481. The molecule has 0 aliphatic carbocycles. The number of anilines is 1. The number of hydrogen-bond donors (Lipinski definition) is 1. The van der Waals surface area contributed by atoms with Crippen molar-refractivity contribution in [3.05, 3.63) is 28.3 Å². The first kappa shape index (κ1) is 10.4. The highest BCUT2D eigenvalue weighted by Crippen LogP contribution is 2.24. The van der Waals surface area contributed by atoms with Gasteiger partial charge in [0, 0.05) is 6.07 Å². The molecule has 0 saturated carbocycles. The molecule has 1 rings (SSSR count). The molecule has 14 heavy (non-hydrogen) atoms. The molecule has 1 aromatic carbocycles. The van der Waals surface area contributed by atoms with Crippen LogP contribution < -0.4 is 5.73 Å². The van der Waals surface area contributed by atoms with Gasteiger partial charge in [-0.2, -0.15) is 0 Å². The first-order valence-corrected chi connectivity index (χ1v) is 4.73. The fraction of sp³-hybridized carbons (Fsp3) is 0. The molecule has 0 aromatic heterocycles. The average molecular weight is 217 g/mol. The van der Waals surface area contributed by atoms with Gasteiger partial charge in [-0.3, -0.25) is 10.1 Å². The van der Waals surface area contributed by atoms with E-state index in [1.54, 1.807) is 0 Å². The molecule has 0 saturated heterocycles. The van der Waals surface area contributed by atoms with Crippen molar-refractivity contribution in [2.45, 2.75) is 4.90 Å². The van der Waals surface area contributed by atoms with E-state index in [1.807, 2.05) is 0 Å². The molecular formula is C6H5N2O5S-. The standard InChI is InChI=1S/C6H6N2O5S/c7-5-2-1-4(14(11,12)13)3-6(5)8(9)10/h1-3H,7H2,(H,11,12,13)/p-1. The van der Waals surface area contributed by atoms with E-state index in [0.29, 0.717) is 6.07 Å². The third kappa shape index (κ3) is 1.98. The Kier molecular flexibility index (Phi) is 2.41. The smallest absolute Gasteiger partial charge is 0.293 e. The SMILES string of the molecule is Nc1ccc(S(=O)(=O)[O-])cc1[N+](=O)[O-]. The molecule has 2 N–H and O–H groups in total. The second-order valence-electron chi connectivity index (χ2n) is 2.43. The molecule has 7 nitrogen and oxygen atoms in total. The minimum atomic E-state index is -4.69. The average Bonchev–Trinajstić information content (AvgIpc) is 2.02. The van der Waals surface area contributed by atoms with Crippen LogP contribution in [-0.4, -0.2) is 17.9 Å². The zero-order valence-corrected chi connectivity index (χ0v) is 7.52. The van der Waals surface area contributed by atoms with E-state index in [4.69, 9.17) is 5.73 Å². The quantitative estimate of drug-likeness (QED) is 0.323. The molecule has 0 amide bonds. The maximum absolute atomic E-state index is 10.5. The molecule has 0 radical (unpaired) electrons. The van der Waals surface area contributed by atoms with Crippen LogP contribution in [0.3, 0.4) is 0 Å². The van der Waals surface area contributed by atoms with Crippen LogP contribution in [0.15, 0.2) is 23.1 Å². The molecule has 0 heterocycles. The van der Waals surface area contributed by atoms with Gasteiger partial charge in [-0.1, -0.05) is 0 Å². The Morgan fingerprint density at radius 2 is 1.93 bits per heavy atom. The largest absolute Gasteiger partial charge is 0.744 e. The first-order chi connectivity index (χ1) is 6.32. The highest BCUT2D eigenvalue weighted by atomic mass is 32.2. The lowest BCUT2D eigenvalue weighted by molar-refractivity contribution is -0.384. The van der Waals surface area contributed by atoms with Gasteiger partial charge >= 0.3 is 0 Å². The lowest BCUT2D eigenvalue weighted by atomic mass is 10.3. The fourth-order valence-corrected chi connectivity index (χ4v) is 1.33. The number of benzene rings is 1. The lowest BCUT2D eigenvalue weighted by Crippen LogP contribution is -2.02. The van der Waals surface area contributed by atoms with Crippen molar-refractivity contribution in [2.75, 3.05) is 5.73 Å². The first-order valence-electron chi connectivity index (χ1n) is 3.32. The van der Waals surface area contributed by atoms with Crippen LogP contribution in [0.4, 0.5) is 11.4 Å². The third-order valence-electron chi connectivity index (χ3n) is 1.49. The maximum atomic E-state index is 10.5. The van der Waals surface area contributed by atoms with Crippen LogP contribution in [0.2, 0.25) is 0 Å². The second kappa shape index (κ2) is 3.24. The van der Waals surface area contributed by atoms with Crippen molar-refractivity contribution in [3.8, 4) is 0 Å². The van der Waals surface area contributed by atoms with Gasteiger partial charge in [0.1, 0.15) is 15.8 Å². The van der Waals surface area contributed by atoms with E-state index in [-0.39, 0.29) is 5.69 Å². The number of nitro groups is 1. The summed E-state index contributed by atoms with van der Waals surface area (Å²) in [5.41, 5.74) is 4.41. The van der Waals surface area contributed by atoms with Gasteiger partial charge in [0.25, 0.3) is 5.69 Å². The summed E-state index contributed by atoms with van der Waals surface area (Å²) in [6.45, 7) is 0. The van der Waals surface area contributed by atoms with Gasteiger partial charge < -0.3 is 10.3 Å². The molecule has 1 aromatic rings. The van der Waals surface area contributed by atoms with Gasteiger partial charge in [-0.05, 0) is 12.1 Å². The number of nitro benzene ring substituents is 1. The van der Waals surface area contributed by atoms with Gasteiger partial charge in [-0.15, -0.1) is 0 Å². The summed E-state index contributed by atoms with van der Waals surface area (Å²) in [7, 11) is -4.69. The number of hydrogen-bond acceptors (Lipinski definition) is 6. The van der Waals surface area contributed by atoms with E-state index in [1.165, 1.54) is 0 Å². The fourth-order valence-electron chi connectivity index (χ4n) is 0.837. The summed E-state index contributed by atoms with van der Waals surface area (Å²) in [6.07, 6.45) is 0. The monoisotopic (exact) mass is 217 g/mol. The zero-order chi connectivity index (χ0) is 10.9. The van der Waals surface area contributed by atoms with E-state index in [0.717, 1.165) is 12.1 Å². The Hall–Kier alpha value is -1.67. The number of nitrogen functional groups attached to an aromatic ring is 1. The minimum Gasteiger partial charge on any atom is -0.744 e. The topological polar surface area (TPSA) is 126 Å². The molecule has 0 unspecified atom stereocenters. The molecule has 8 heteroatoms. The Labute approximate surface area is 79.1 Å². The van der Waals surface area contributed by atoms with Crippen LogP contribution in [0.1, 0.15) is 0 Å². The normalized spacial score (nSPS) is 11.2. The van der Waals surface area contributed by atoms with E-state index < -0.39 is 25.6 Å². The van der Waals surface area contributed by atoms with Crippen molar-refractivity contribution in [1.82, 2.24) is 0 Å². The molecule has 0 atom stereocenters. The van der Waals surface area contributed by atoms with Crippen molar-refractivity contribution in [3.63, 3.8) is 0 Å². The summed E-state index contributed by atoms with van der Waals surface area (Å²) >= 11 is 0. The van der Waals surface area contributed by atoms with Gasteiger partial charge in [0.05, 0.1) is 9.82 Å². The van der Waals surface area contributed by atoms with E-state index in [2.05, 4.69) is 0 Å². The van der Waals surface area contributed by atoms with E-state index in [9.17, 15) is 23.1 Å². The number of nitrogens with zero attached hydrogens (tertiary/aromatic N) is 1. The number of nitrogens with two attached hydrogens (primary N) is 1. The van der Waals surface area contributed by atoms with Gasteiger partial charge in [-0.25, -0.2) is 8.42 Å². The highest BCUT2D eigenvalue weighted by Gasteiger charge is 2.14. The predicted molar refractivity (Wildman–Crippen MR) is 45.5 cm³/mol. The van der Waals surface area contributed by atoms with Gasteiger partial charge in [0.15, 0.2) is 0 Å². The van der Waals surface area contributed by atoms with Gasteiger partial charge in [0.2, 0.25) is 0 Å². The molecule has 0 fully saturated rings. The summed E-state index contributed by atoms with van der Waals surface area (Å²) in [4.78, 5) is 8.80. The Morgan fingerprint density at radius 1 is 1.36 bits per heavy atom. The molecule has 0 bridgehead atoms. The van der Waals surface area contributed by atoms with Crippen LogP contribution in [0.25, 0.3) is 0 Å². The van der Waals surface area contributed by atoms with Crippen molar-refractivity contribution < 1.29 is 17.9 Å². The van der Waals surface area contributed by atoms with Crippen molar-refractivity contribution in [2.24, 2.45) is 0 Å². The number of rotatable bonds is 2. The summed E-state index contributed by atoms with van der Waals surface area (Å²) in [5.74, 6) is 0. The third-order valence-corrected chi connectivity index (χ3v) is 2.32. The molecule has 0 aliphatic heterocycles. The summed E-state index contributed by atoms with van der Waals surface area (Å²) in [6, 6.07) is 2.56. The van der Waals surface area contributed by atoms with Crippen LogP contribution in [-0.2, 0) is 10.1 Å². The van der Waals surface area contributed by atoms with Crippen molar-refractivity contribution in [1.29, 1.82) is 0 Å². The summed E-state index contributed by atoms with van der Waals surface area (Å²) in [5, 5.41) is 10.3. The lowest BCUT2D eigenvalue weighted by Gasteiger charge is -2.06. The van der Waals surface area contributed by atoms with Crippen LogP contribution in [0, 0.1) is 10.1 Å². The maximum Gasteiger partial charge on any atom is 0.293 e. The predicted octanol–water partition coefficient (Wildman–Crippen LogP) is 0.0811. The Balaban J connectivity index is 3.42.